The molecule has 0 aliphatic heterocycles. The van der Waals surface area contributed by atoms with Crippen molar-refractivity contribution < 1.29 is 4.57 Å². The zero-order valence-electron chi connectivity index (χ0n) is 13.7. The van der Waals surface area contributed by atoms with Crippen LogP contribution in [0.1, 0.15) is 39.0 Å². The minimum absolute atomic E-state index is 0.826. The first-order valence-corrected chi connectivity index (χ1v) is 8.41. The van der Waals surface area contributed by atoms with Gasteiger partial charge in [-0.15, -0.1) is 0 Å². The van der Waals surface area contributed by atoms with Crippen LogP contribution < -0.4 is 4.57 Å². The van der Waals surface area contributed by atoms with Gasteiger partial charge >= 0.3 is 0 Å². The normalized spacial score (nSPS) is 11.0. The highest BCUT2D eigenvalue weighted by Gasteiger charge is 2.09. The lowest BCUT2D eigenvalue weighted by Crippen LogP contribution is -2.30. The van der Waals surface area contributed by atoms with Crippen molar-refractivity contribution in [3.8, 4) is 11.6 Å². The summed E-state index contributed by atoms with van der Waals surface area (Å²) in [5.41, 5.74) is 0. The molecule has 0 fully saturated rings. The van der Waals surface area contributed by atoms with Crippen LogP contribution in [0.5, 0.6) is 0 Å². The predicted molar refractivity (Wildman–Crippen MR) is 89.6 cm³/mol. The molecule has 0 aromatic carbocycles. The van der Waals surface area contributed by atoms with Gasteiger partial charge in [0, 0.05) is 18.5 Å². The number of nitrogens with zero attached hydrogens (tertiary/aromatic N) is 5. The number of pyridine rings is 1. The zero-order valence-corrected chi connectivity index (χ0v) is 13.7. The van der Waals surface area contributed by atoms with Gasteiger partial charge in [0.25, 0.3) is 0 Å². The molecule has 0 N–H and O–H groups in total. The Morgan fingerprint density at radius 3 is 2.70 bits per heavy atom. The smallest absolute Gasteiger partial charge is 0.236 e. The third-order valence-electron chi connectivity index (χ3n) is 3.93. The van der Waals surface area contributed by atoms with Crippen molar-refractivity contribution >= 4 is 0 Å². The molecule has 0 radical (unpaired) electrons. The summed E-state index contributed by atoms with van der Waals surface area (Å²) in [6, 6.07) is 7.88. The Labute approximate surface area is 137 Å². The molecular weight excluding hydrogens is 286 g/mol. The molecule has 0 atom stereocenters. The lowest BCUT2D eigenvalue weighted by atomic mass is 10.1. The molecule has 0 saturated heterocycles. The molecule has 3 aromatic heterocycles. The molecule has 120 valence electrons. The van der Waals surface area contributed by atoms with E-state index in [2.05, 4.69) is 44.9 Å². The fourth-order valence-corrected chi connectivity index (χ4v) is 2.65. The first-order chi connectivity index (χ1) is 11.4. The Hall–Kier alpha value is -2.43. The fourth-order valence-electron chi connectivity index (χ4n) is 2.65. The molecule has 0 aliphatic rings. The van der Waals surface area contributed by atoms with Gasteiger partial charge in [-0.2, -0.15) is 14.6 Å². The Morgan fingerprint density at radius 1 is 1.00 bits per heavy atom. The van der Waals surface area contributed by atoms with E-state index < -0.39 is 0 Å². The second-order valence-corrected chi connectivity index (χ2v) is 5.78. The van der Waals surface area contributed by atoms with Crippen molar-refractivity contribution in [2.75, 3.05) is 0 Å². The molecule has 0 amide bonds. The highest BCUT2D eigenvalue weighted by atomic mass is 15.3. The summed E-state index contributed by atoms with van der Waals surface area (Å²) in [4.78, 5) is 4.67. The second-order valence-electron chi connectivity index (χ2n) is 5.78. The van der Waals surface area contributed by atoms with Gasteiger partial charge in [-0.1, -0.05) is 32.3 Å². The van der Waals surface area contributed by atoms with Crippen LogP contribution in [0.3, 0.4) is 0 Å². The minimum atomic E-state index is 0.826. The fraction of sp³-hybridized carbons (Fsp3) is 0.389. The topological polar surface area (TPSA) is 39.5 Å². The maximum atomic E-state index is 4.67. The van der Waals surface area contributed by atoms with E-state index in [1.54, 1.807) is 10.9 Å². The highest BCUT2D eigenvalue weighted by Crippen LogP contribution is 2.08. The third kappa shape index (κ3) is 4.06. The van der Waals surface area contributed by atoms with Gasteiger partial charge in [0.2, 0.25) is 12.1 Å². The molecular formula is C18H24N5+. The standard InChI is InChI=1S/C18H24N5/c1-2-3-4-5-6-12-21-14-15-22(16-21)17-9-7-10-18(20-17)23-13-8-11-19-23/h7-11,13-16H,2-6,12H2,1H3/q+1. The van der Waals surface area contributed by atoms with Crippen molar-refractivity contribution in [3.05, 3.63) is 55.4 Å². The van der Waals surface area contributed by atoms with Gasteiger partial charge < -0.3 is 0 Å². The van der Waals surface area contributed by atoms with Gasteiger partial charge in [0.05, 0.1) is 6.54 Å². The zero-order chi connectivity index (χ0) is 15.9. The molecule has 5 nitrogen and oxygen atoms in total. The van der Waals surface area contributed by atoms with E-state index in [0.29, 0.717) is 0 Å². The van der Waals surface area contributed by atoms with Gasteiger partial charge in [-0.05, 0) is 25.0 Å². The lowest BCUT2D eigenvalue weighted by molar-refractivity contribution is -0.696. The summed E-state index contributed by atoms with van der Waals surface area (Å²) < 4.78 is 6.06. The van der Waals surface area contributed by atoms with Crippen molar-refractivity contribution in [3.63, 3.8) is 0 Å². The van der Waals surface area contributed by atoms with Crippen LogP contribution >= 0.6 is 0 Å². The van der Waals surface area contributed by atoms with E-state index in [4.69, 9.17) is 0 Å². The summed E-state index contributed by atoms with van der Waals surface area (Å²) in [6.45, 7) is 3.31. The number of rotatable bonds is 8. The molecule has 0 unspecified atom stereocenters. The maximum Gasteiger partial charge on any atom is 0.250 e. The summed E-state index contributed by atoms with van der Waals surface area (Å²) in [7, 11) is 0. The largest absolute Gasteiger partial charge is 0.250 e. The SMILES string of the molecule is CCCCCCC[n+]1ccn(-c2cccc(-n3cccn3)n2)c1. The van der Waals surface area contributed by atoms with E-state index in [1.165, 1.54) is 32.1 Å². The molecule has 0 bridgehead atoms. The van der Waals surface area contributed by atoms with Crippen LogP contribution in [0.25, 0.3) is 11.6 Å². The van der Waals surface area contributed by atoms with Crippen molar-refractivity contribution in [2.24, 2.45) is 0 Å². The molecule has 0 spiro atoms. The first kappa shape index (κ1) is 15.5. The molecule has 5 heteroatoms. The van der Waals surface area contributed by atoms with Crippen LogP contribution in [0.15, 0.2) is 55.4 Å². The summed E-state index contributed by atoms with van der Waals surface area (Å²) in [5.74, 6) is 1.73. The molecule has 3 rings (SSSR count). The van der Waals surface area contributed by atoms with Crippen molar-refractivity contribution in [1.29, 1.82) is 0 Å². The van der Waals surface area contributed by atoms with E-state index in [-0.39, 0.29) is 0 Å². The third-order valence-corrected chi connectivity index (χ3v) is 3.93. The van der Waals surface area contributed by atoms with E-state index in [1.807, 2.05) is 30.5 Å². The molecule has 3 aromatic rings. The van der Waals surface area contributed by atoms with Gasteiger partial charge in [0.15, 0.2) is 5.82 Å². The van der Waals surface area contributed by atoms with Gasteiger partial charge in [0.1, 0.15) is 12.4 Å². The average Bonchev–Trinajstić information content (AvgIpc) is 3.27. The number of hydrogen-bond donors (Lipinski definition) is 0. The predicted octanol–water partition coefficient (Wildman–Crippen LogP) is 3.32. The quantitative estimate of drug-likeness (QED) is 0.473. The molecule has 0 saturated carbocycles. The number of unbranched alkanes of at least 4 members (excludes halogenated alkanes) is 4. The van der Waals surface area contributed by atoms with E-state index in [9.17, 15) is 0 Å². The minimum Gasteiger partial charge on any atom is -0.236 e. The van der Waals surface area contributed by atoms with Gasteiger partial charge in [-0.25, -0.2) is 9.25 Å². The average molecular weight is 310 g/mol. The second kappa shape index (κ2) is 7.72. The van der Waals surface area contributed by atoms with Crippen LogP contribution in [0.4, 0.5) is 0 Å². The number of aromatic nitrogens is 5. The Balaban J connectivity index is 1.65. The van der Waals surface area contributed by atoms with E-state index >= 15 is 0 Å². The highest BCUT2D eigenvalue weighted by molar-refractivity contribution is 5.30. The summed E-state index contributed by atoms with van der Waals surface area (Å²) >= 11 is 0. The number of aryl methyl sites for hydroxylation is 1. The summed E-state index contributed by atoms with van der Waals surface area (Å²) in [6.07, 6.45) is 16.4. The first-order valence-electron chi connectivity index (χ1n) is 8.41. The van der Waals surface area contributed by atoms with Gasteiger partial charge in [-0.3, -0.25) is 0 Å². The van der Waals surface area contributed by atoms with Crippen LogP contribution in [0, 0.1) is 0 Å². The Morgan fingerprint density at radius 2 is 1.87 bits per heavy atom. The Bertz CT molecular complexity index is 715. The number of hydrogen-bond acceptors (Lipinski definition) is 2. The van der Waals surface area contributed by atoms with Crippen LogP contribution in [0.2, 0.25) is 0 Å². The van der Waals surface area contributed by atoms with Crippen molar-refractivity contribution in [2.45, 2.75) is 45.6 Å². The summed E-state index contributed by atoms with van der Waals surface area (Å²) in [5, 5.41) is 4.23. The Kier molecular flexibility index (Phi) is 5.19. The monoisotopic (exact) mass is 310 g/mol. The molecule has 0 aliphatic carbocycles. The molecule has 23 heavy (non-hydrogen) atoms. The molecule has 3 heterocycles. The lowest BCUT2D eigenvalue weighted by Gasteiger charge is -2.01. The van der Waals surface area contributed by atoms with Crippen LogP contribution in [-0.4, -0.2) is 19.3 Å². The van der Waals surface area contributed by atoms with E-state index in [0.717, 1.165) is 18.2 Å². The van der Waals surface area contributed by atoms with Crippen molar-refractivity contribution in [1.82, 2.24) is 19.3 Å². The van der Waals surface area contributed by atoms with Crippen LogP contribution in [-0.2, 0) is 6.54 Å². The maximum absolute atomic E-state index is 4.67. The number of imidazole rings is 1.